The fourth-order valence-corrected chi connectivity index (χ4v) is 5.88. The lowest BCUT2D eigenvalue weighted by atomic mass is 9.65. The predicted molar refractivity (Wildman–Crippen MR) is 149 cm³/mol. The fraction of sp³-hybridized carbons (Fsp3) is 0.424. The SMILES string of the molecule is CC[C@H](CC(=O)O)c1cccc(OCc2ccc(-c3cc(OC)ccc3F)c([C@H]3CCCCC3(C)C)c2)c1. The van der Waals surface area contributed by atoms with Crippen molar-refractivity contribution in [3.8, 4) is 22.6 Å². The standard InChI is InChI=1S/C33H39FO4/c1-5-23(19-32(35)36)24-9-8-10-26(18-24)38-21-22-12-14-27(29-20-25(37-4)13-15-31(29)34)28(17-22)30-11-6-7-16-33(30,2)3/h8-10,12-15,17-18,20,23,30H,5-7,11,16,19,21H2,1-4H3,(H,35,36)/t23-,30-/m1/s1. The van der Waals surface area contributed by atoms with E-state index < -0.39 is 5.97 Å². The maximum absolute atomic E-state index is 15.1. The smallest absolute Gasteiger partial charge is 0.303 e. The molecule has 0 aromatic heterocycles. The number of halogens is 1. The van der Waals surface area contributed by atoms with Crippen LogP contribution in [0.25, 0.3) is 11.1 Å². The Morgan fingerprint density at radius 1 is 1.05 bits per heavy atom. The Kier molecular flexibility index (Phi) is 8.76. The van der Waals surface area contributed by atoms with Gasteiger partial charge in [-0.2, -0.15) is 0 Å². The summed E-state index contributed by atoms with van der Waals surface area (Å²) in [5.74, 6) is 0.557. The van der Waals surface area contributed by atoms with Crippen molar-refractivity contribution >= 4 is 5.97 Å². The van der Waals surface area contributed by atoms with Crippen molar-refractivity contribution in [3.63, 3.8) is 0 Å². The molecule has 38 heavy (non-hydrogen) atoms. The largest absolute Gasteiger partial charge is 0.497 e. The molecule has 4 nitrogen and oxygen atoms in total. The minimum absolute atomic E-state index is 0.0479. The zero-order valence-corrected chi connectivity index (χ0v) is 22.9. The van der Waals surface area contributed by atoms with E-state index in [4.69, 9.17) is 9.47 Å². The highest BCUT2D eigenvalue weighted by Gasteiger charge is 2.35. The van der Waals surface area contributed by atoms with Gasteiger partial charge in [0.1, 0.15) is 23.9 Å². The molecule has 4 rings (SSSR count). The zero-order valence-electron chi connectivity index (χ0n) is 22.9. The van der Waals surface area contributed by atoms with E-state index in [9.17, 15) is 9.90 Å². The van der Waals surface area contributed by atoms with Gasteiger partial charge in [-0.25, -0.2) is 4.39 Å². The van der Waals surface area contributed by atoms with Crippen molar-refractivity contribution < 1.29 is 23.8 Å². The fourth-order valence-electron chi connectivity index (χ4n) is 5.88. The predicted octanol–water partition coefficient (Wildman–Crippen LogP) is 8.73. The Balaban J connectivity index is 1.66. The van der Waals surface area contributed by atoms with Crippen molar-refractivity contribution in [1.82, 2.24) is 0 Å². The monoisotopic (exact) mass is 518 g/mol. The van der Waals surface area contributed by atoms with Crippen LogP contribution >= 0.6 is 0 Å². The molecule has 0 aliphatic heterocycles. The van der Waals surface area contributed by atoms with E-state index in [1.54, 1.807) is 19.2 Å². The summed E-state index contributed by atoms with van der Waals surface area (Å²) in [4.78, 5) is 11.3. The van der Waals surface area contributed by atoms with Crippen LogP contribution in [0, 0.1) is 11.2 Å². The summed E-state index contributed by atoms with van der Waals surface area (Å²) in [6.07, 6.45) is 5.43. The number of rotatable bonds is 10. The molecule has 1 N–H and O–H groups in total. The number of carboxylic acid groups (broad SMARTS) is 1. The van der Waals surface area contributed by atoms with E-state index in [2.05, 4.69) is 19.9 Å². The van der Waals surface area contributed by atoms with Gasteiger partial charge in [0.05, 0.1) is 13.5 Å². The van der Waals surface area contributed by atoms with Gasteiger partial charge in [0.25, 0.3) is 0 Å². The van der Waals surface area contributed by atoms with Gasteiger partial charge in [-0.05, 0) is 89.1 Å². The highest BCUT2D eigenvalue weighted by molar-refractivity contribution is 5.71. The van der Waals surface area contributed by atoms with Gasteiger partial charge in [-0.1, -0.05) is 63.9 Å². The summed E-state index contributed by atoms with van der Waals surface area (Å²) in [7, 11) is 1.60. The average molecular weight is 519 g/mol. The van der Waals surface area contributed by atoms with Gasteiger partial charge in [0.15, 0.2) is 0 Å². The summed E-state index contributed by atoms with van der Waals surface area (Å²) in [6, 6.07) is 18.9. The molecule has 1 aliphatic rings. The molecule has 0 spiro atoms. The van der Waals surface area contributed by atoms with Crippen LogP contribution in [-0.4, -0.2) is 18.2 Å². The lowest BCUT2D eigenvalue weighted by Gasteiger charge is -2.40. The normalized spacial score (nSPS) is 17.6. The molecule has 0 saturated heterocycles. The summed E-state index contributed by atoms with van der Waals surface area (Å²) >= 11 is 0. The van der Waals surface area contributed by atoms with E-state index in [-0.39, 0.29) is 23.6 Å². The van der Waals surface area contributed by atoms with Crippen LogP contribution in [0.4, 0.5) is 4.39 Å². The number of carboxylic acids is 1. The number of ether oxygens (including phenoxy) is 2. The molecule has 0 unspecified atom stereocenters. The Hall–Kier alpha value is -3.34. The van der Waals surface area contributed by atoms with Crippen LogP contribution in [0.2, 0.25) is 0 Å². The molecular formula is C33H39FO4. The van der Waals surface area contributed by atoms with E-state index in [0.29, 0.717) is 29.6 Å². The van der Waals surface area contributed by atoms with E-state index in [1.807, 2.05) is 43.3 Å². The molecule has 1 aliphatic carbocycles. The number of hydrogen-bond acceptors (Lipinski definition) is 3. The molecule has 1 saturated carbocycles. The van der Waals surface area contributed by atoms with Crippen LogP contribution in [0.15, 0.2) is 60.7 Å². The van der Waals surface area contributed by atoms with Gasteiger partial charge in [0.2, 0.25) is 0 Å². The average Bonchev–Trinajstić information content (AvgIpc) is 2.90. The van der Waals surface area contributed by atoms with Gasteiger partial charge >= 0.3 is 5.97 Å². The first kappa shape index (κ1) is 27.7. The molecule has 0 bridgehead atoms. The maximum Gasteiger partial charge on any atom is 0.303 e. The first-order valence-corrected chi connectivity index (χ1v) is 13.6. The molecule has 0 radical (unpaired) electrons. The second-order valence-electron chi connectivity index (χ2n) is 11.1. The van der Waals surface area contributed by atoms with E-state index in [0.717, 1.165) is 47.9 Å². The minimum atomic E-state index is -0.797. The number of carbonyl (C=O) groups is 1. The first-order valence-electron chi connectivity index (χ1n) is 13.6. The highest BCUT2D eigenvalue weighted by atomic mass is 19.1. The van der Waals surface area contributed by atoms with Gasteiger partial charge < -0.3 is 14.6 Å². The maximum atomic E-state index is 15.1. The number of benzene rings is 3. The van der Waals surface area contributed by atoms with Crippen molar-refractivity contribution in [2.45, 2.75) is 77.7 Å². The Labute approximate surface area is 225 Å². The van der Waals surface area contributed by atoms with Gasteiger partial charge in [-0.15, -0.1) is 0 Å². The number of aliphatic carboxylic acids is 1. The second kappa shape index (κ2) is 12.0. The molecule has 3 aromatic rings. The molecule has 0 amide bonds. The van der Waals surface area contributed by atoms with E-state index in [1.165, 1.54) is 12.5 Å². The molecule has 0 heterocycles. The number of methoxy groups -OCH3 is 1. The topological polar surface area (TPSA) is 55.8 Å². The van der Waals surface area contributed by atoms with Crippen LogP contribution in [0.3, 0.4) is 0 Å². The molecule has 2 atom stereocenters. The Bertz CT molecular complexity index is 1270. The molecule has 1 fully saturated rings. The lowest BCUT2D eigenvalue weighted by Crippen LogP contribution is -2.26. The zero-order chi connectivity index (χ0) is 27.3. The first-order chi connectivity index (χ1) is 18.2. The van der Waals surface area contributed by atoms with Crippen LogP contribution in [-0.2, 0) is 11.4 Å². The highest BCUT2D eigenvalue weighted by Crippen LogP contribution is 2.49. The third-order valence-electron chi connectivity index (χ3n) is 8.11. The summed E-state index contributed by atoms with van der Waals surface area (Å²) in [5.41, 5.74) is 4.73. The molecule has 5 heteroatoms. The van der Waals surface area contributed by atoms with Crippen LogP contribution in [0.1, 0.15) is 87.8 Å². The summed E-state index contributed by atoms with van der Waals surface area (Å²) < 4.78 is 26.7. The molecule has 3 aromatic carbocycles. The van der Waals surface area contributed by atoms with Gasteiger partial charge in [-0.3, -0.25) is 4.79 Å². The third kappa shape index (κ3) is 6.38. The van der Waals surface area contributed by atoms with Gasteiger partial charge in [0, 0.05) is 5.56 Å². The Morgan fingerprint density at radius 2 is 1.87 bits per heavy atom. The van der Waals surface area contributed by atoms with Crippen LogP contribution in [0.5, 0.6) is 11.5 Å². The Morgan fingerprint density at radius 3 is 2.58 bits per heavy atom. The minimum Gasteiger partial charge on any atom is -0.497 e. The lowest BCUT2D eigenvalue weighted by molar-refractivity contribution is -0.137. The third-order valence-corrected chi connectivity index (χ3v) is 8.11. The second-order valence-corrected chi connectivity index (χ2v) is 11.1. The van der Waals surface area contributed by atoms with Crippen molar-refractivity contribution in [1.29, 1.82) is 0 Å². The molecule has 202 valence electrons. The summed E-state index contributed by atoms with van der Waals surface area (Å²) in [5, 5.41) is 9.26. The summed E-state index contributed by atoms with van der Waals surface area (Å²) in [6.45, 7) is 7.01. The van der Waals surface area contributed by atoms with Crippen LogP contribution < -0.4 is 9.47 Å². The quantitative estimate of drug-likeness (QED) is 0.291. The number of hydrogen-bond donors (Lipinski definition) is 1. The molecular weight excluding hydrogens is 479 g/mol. The van der Waals surface area contributed by atoms with Crippen molar-refractivity contribution in [2.75, 3.05) is 7.11 Å². The van der Waals surface area contributed by atoms with Crippen molar-refractivity contribution in [2.24, 2.45) is 5.41 Å². The van der Waals surface area contributed by atoms with E-state index >= 15 is 4.39 Å². The van der Waals surface area contributed by atoms with Crippen molar-refractivity contribution in [3.05, 3.63) is 83.2 Å².